The maximum atomic E-state index is 15.0. The minimum absolute atomic E-state index is 0.0175. The molecule has 1 saturated carbocycles. The number of hydrogen-bond acceptors (Lipinski definition) is 5. The number of fused-ring (bicyclic) bond motifs is 3. The van der Waals surface area contributed by atoms with E-state index in [1.54, 1.807) is 0 Å². The topological polar surface area (TPSA) is 101 Å². The summed E-state index contributed by atoms with van der Waals surface area (Å²) in [6, 6.07) is 5.19. The Kier molecular flexibility index (Phi) is 8.58. The predicted molar refractivity (Wildman–Crippen MR) is 149 cm³/mol. The number of carbonyl (C=O) groups is 1. The monoisotopic (exact) mass is 702 g/mol. The van der Waals surface area contributed by atoms with Gasteiger partial charge in [0.1, 0.15) is 10.6 Å². The van der Waals surface area contributed by atoms with Crippen LogP contribution in [0.15, 0.2) is 47.4 Å². The van der Waals surface area contributed by atoms with Crippen molar-refractivity contribution in [3.8, 4) is 0 Å². The molecule has 1 aliphatic heterocycles. The van der Waals surface area contributed by atoms with E-state index in [1.165, 1.54) is 4.31 Å². The number of hydrogen-bond donors (Lipinski definition) is 1. The van der Waals surface area contributed by atoms with Gasteiger partial charge in [-0.15, -0.1) is 0 Å². The number of nitrogens with one attached hydrogen (secondary N) is 1. The van der Waals surface area contributed by atoms with Gasteiger partial charge < -0.3 is 5.32 Å². The fourth-order valence-electron chi connectivity index (χ4n) is 7.33. The Morgan fingerprint density at radius 3 is 2.13 bits per heavy atom. The zero-order valence-corrected chi connectivity index (χ0v) is 25.9. The van der Waals surface area contributed by atoms with Crippen molar-refractivity contribution in [1.82, 2.24) is 9.62 Å². The van der Waals surface area contributed by atoms with Gasteiger partial charge in [0.05, 0.1) is 11.2 Å². The van der Waals surface area contributed by atoms with Crippen molar-refractivity contribution in [3.05, 3.63) is 65.0 Å². The van der Waals surface area contributed by atoms with E-state index in [0.717, 1.165) is 36.6 Å². The number of halogens is 8. The lowest BCUT2D eigenvalue weighted by molar-refractivity contribution is -0.348. The lowest BCUT2D eigenvalue weighted by Gasteiger charge is -2.42. The first kappa shape index (κ1) is 34.5. The molecule has 46 heavy (non-hydrogen) atoms. The quantitative estimate of drug-likeness (QED) is 0.318. The van der Waals surface area contributed by atoms with Gasteiger partial charge in [0.15, 0.2) is 9.84 Å². The van der Waals surface area contributed by atoms with Crippen LogP contribution >= 0.6 is 0 Å². The Balaban J connectivity index is 1.54. The molecule has 1 unspecified atom stereocenters. The summed E-state index contributed by atoms with van der Waals surface area (Å²) in [6.45, 7) is 0.545. The Morgan fingerprint density at radius 1 is 0.935 bits per heavy atom. The maximum Gasteiger partial charge on any atom is 0.435 e. The molecule has 2 aromatic carbocycles. The number of nitrogens with zero attached hydrogens (tertiary/aromatic N) is 1. The van der Waals surface area contributed by atoms with E-state index >= 15 is 0 Å². The van der Waals surface area contributed by atoms with Crippen LogP contribution in [0, 0.1) is 23.6 Å². The summed E-state index contributed by atoms with van der Waals surface area (Å²) in [4.78, 5) is 13.2. The van der Waals surface area contributed by atoms with Crippen LogP contribution in [-0.4, -0.2) is 65.3 Å². The van der Waals surface area contributed by atoms with E-state index in [9.17, 15) is 56.8 Å². The van der Waals surface area contributed by atoms with E-state index in [4.69, 9.17) is 0 Å². The molecule has 1 saturated heterocycles. The smallest absolute Gasteiger partial charge is 0.356 e. The van der Waals surface area contributed by atoms with Crippen molar-refractivity contribution in [2.45, 2.75) is 59.8 Å². The van der Waals surface area contributed by atoms with Gasteiger partial charge in [0, 0.05) is 31.1 Å². The molecular formula is C29H30F8N2O5S2. The summed E-state index contributed by atoms with van der Waals surface area (Å²) < 4.78 is 162. The minimum atomic E-state index is -6.37. The molecule has 0 bridgehead atoms. The second-order valence-corrected chi connectivity index (χ2v) is 16.4. The number of aryl methyl sites for hydroxylation is 1. The molecule has 17 heteroatoms. The van der Waals surface area contributed by atoms with E-state index in [-0.39, 0.29) is 73.3 Å². The fraction of sp³-hybridized carbons (Fsp3) is 0.552. The average molecular weight is 703 g/mol. The number of amides is 1. The van der Waals surface area contributed by atoms with Crippen LogP contribution in [0.25, 0.3) is 0 Å². The maximum absolute atomic E-state index is 15.0. The van der Waals surface area contributed by atoms with Gasteiger partial charge in [-0.3, -0.25) is 4.79 Å². The van der Waals surface area contributed by atoms with Crippen LogP contribution in [0.3, 0.4) is 0 Å². The summed E-state index contributed by atoms with van der Waals surface area (Å²) in [5, 5.41) is 2.77. The highest BCUT2D eigenvalue weighted by Crippen LogP contribution is 2.60. The highest BCUT2D eigenvalue weighted by atomic mass is 32.2. The summed E-state index contributed by atoms with van der Waals surface area (Å²) >= 11 is 0. The molecule has 254 valence electrons. The Hall–Kier alpha value is -2.79. The van der Waals surface area contributed by atoms with Crippen LogP contribution in [0.5, 0.6) is 0 Å². The molecule has 2 fully saturated rings. The Morgan fingerprint density at radius 2 is 1.57 bits per heavy atom. The third-order valence-electron chi connectivity index (χ3n) is 9.60. The number of sulfone groups is 1. The normalized spacial score (nSPS) is 26.1. The van der Waals surface area contributed by atoms with Crippen LogP contribution in [-0.2, 0) is 41.5 Å². The zero-order valence-electron chi connectivity index (χ0n) is 24.3. The molecule has 3 aliphatic rings. The first-order chi connectivity index (χ1) is 21.1. The lowest BCUT2D eigenvalue weighted by Crippen LogP contribution is -2.51. The Bertz CT molecular complexity index is 1710. The van der Waals surface area contributed by atoms with Crippen molar-refractivity contribution >= 4 is 25.8 Å². The number of rotatable bonds is 7. The van der Waals surface area contributed by atoms with Crippen molar-refractivity contribution in [2.75, 3.05) is 25.9 Å². The lowest BCUT2D eigenvalue weighted by atomic mass is 9.72. The highest BCUT2D eigenvalue weighted by Gasteiger charge is 2.74. The first-order valence-corrected chi connectivity index (χ1v) is 17.7. The molecule has 0 spiro atoms. The van der Waals surface area contributed by atoms with Gasteiger partial charge in [-0.2, -0.15) is 26.3 Å². The molecule has 1 N–H and O–H groups in total. The van der Waals surface area contributed by atoms with E-state index in [1.807, 2.05) is 0 Å². The molecule has 7 nitrogen and oxygen atoms in total. The van der Waals surface area contributed by atoms with Gasteiger partial charge in [-0.25, -0.2) is 29.9 Å². The number of benzene rings is 2. The third kappa shape index (κ3) is 5.49. The van der Waals surface area contributed by atoms with Gasteiger partial charge in [0.25, 0.3) is 0 Å². The van der Waals surface area contributed by atoms with E-state index < -0.39 is 71.8 Å². The number of alkyl halides is 7. The predicted octanol–water partition coefficient (Wildman–Crippen LogP) is 5.15. The van der Waals surface area contributed by atoms with Crippen molar-refractivity contribution < 1.29 is 56.8 Å². The van der Waals surface area contributed by atoms with Gasteiger partial charge in [0.2, 0.25) is 15.9 Å². The second-order valence-electron chi connectivity index (χ2n) is 12.2. The zero-order chi connectivity index (χ0) is 34.1. The minimum Gasteiger partial charge on any atom is -0.356 e. The Labute approximate surface area is 260 Å². The molecule has 2 aliphatic carbocycles. The summed E-state index contributed by atoms with van der Waals surface area (Å²) in [7, 11) is -8.01. The van der Waals surface area contributed by atoms with Crippen LogP contribution in [0.1, 0.15) is 42.4 Å². The van der Waals surface area contributed by atoms with Crippen molar-refractivity contribution in [1.29, 1.82) is 0 Å². The standard InChI is InChI=1S/C29H30F8N2O5S2/c1-45(41,42)39-13-11-17(16-39)15-38-25(40)22-10-12-26(46(43,44)21-6-4-20(30)5-7-21)23-9-3-19(14-18(23)2-8-24(22)26)27(31,28(32,33)34)29(35,36)37/h3-7,9,14,17,22,24H,2,8,10-13,15-16H2,1H3,(H,38,40)/t17?,22-,24+,26-/m1/s1. The van der Waals surface area contributed by atoms with Gasteiger partial charge >= 0.3 is 18.0 Å². The van der Waals surface area contributed by atoms with Crippen molar-refractivity contribution in [3.63, 3.8) is 0 Å². The number of sulfonamides is 1. The molecular weight excluding hydrogens is 672 g/mol. The van der Waals surface area contributed by atoms with Gasteiger partial charge in [-0.1, -0.05) is 18.2 Å². The highest BCUT2D eigenvalue weighted by molar-refractivity contribution is 7.92. The molecule has 1 heterocycles. The van der Waals surface area contributed by atoms with Crippen LogP contribution in [0.2, 0.25) is 0 Å². The second kappa shape index (κ2) is 11.4. The molecule has 0 radical (unpaired) electrons. The largest absolute Gasteiger partial charge is 0.435 e. The molecule has 1 amide bonds. The first-order valence-electron chi connectivity index (χ1n) is 14.3. The summed E-state index contributed by atoms with van der Waals surface area (Å²) in [6.07, 6.45) is -11.8. The summed E-state index contributed by atoms with van der Waals surface area (Å²) in [5.41, 5.74) is -7.84. The molecule has 5 rings (SSSR count). The van der Waals surface area contributed by atoms with E-state index in [0.29, 0.717) is 12.5 Å². The SMILES string of the molecule is CS(=O)(=O)N1CCC(CNC(=O)[C@@H]2CC[C@@]3(S(=O)(=O)c4ccc(F)cc4)c4ccc(C(F)(C(F)(F)F)C(F)(F)F)cc4CC[C@@H]23)C1. The average Bonchev–Trinajstić information content (AvgIpc) is 3.60. The van der Waals surface area contributed by atoms with Crippen LogP contribution in [0.4, 0.5) is 35.1 Å². The van der Waals surface area contributed by atoms with Crippen molar-refractivity contribution in [2.24, 2.45) is 17.8 Å². The van der Waals surface area contributed by atoms with E-state index in [2.05, 4.69) is 5.32 Å². The molecule has 4 atom stereocenters. The summed E-state index contributed by atoms with van der Waals surface area (Å²) in [5.74, 6) is -3.43. The van der Waals surface area contributed by atoms with Crippen LogP contribution < -0.4 is 5.32 Å². The number of carbonyl (C=O) groups excluding carboxylic acids is 1. The third-order valence-corrected chi connectivity index (χ3v) is 13.4. The fourth-order valence-corrected chi connectivity index (χ4v) is 10.7. The molecule has 0 aromatic heterocycles. The van der Waals surface area contributed by atoms with Gasteiger partial charge in [-0.05, 0) is 79.3 Å². The molecule has 2 aromatic rings.